The predicted molar refractivity (Wildman–Crippen MR) is 85.2 cm³/mol. The summed E-state index contributed by atoms with van der Waals surface area (Å²) in [5.41, 5.74) is 1.84. The number of hydrogen-bond acceptors (Lipinski definition) is 2. The fourth-order valence-electron chi connectivity index (χ4n) is 2.40. The molecule has 0 radical (unpaired) electrons. The second-order valence-electron chi connectivity index (χ2n) is 4.93. The third-order valence-electron chi connectivity index (χ3n) is 3.48. The van der Waals surface area contributed by atoms with Crippen molar-refractivity contribution < 1.29 is 4.39 Å². The van der Waals surface area contributed by atoms with E-state index >= 15 is 0 Å². The van der Waals surface area contributed by atoms with Crippen LogP contribution in [-0.4, -0.2) is 4.98 Å². The number of fused-ring (bicyclic) bond motifs is 1. The van der Waals surface area contributed by atoms with Crippen molar-refractivity contribution in [3.05, 3.63) is 71.3 Å². The number of pyridine rings is 1. The van der Waals surface area contributed by atoms with Crippen molar-refractivity contribution in [1.82, 2.24) is 4.98 Å². The van der Waals surface area contributed by atoms with E-state index in [1.165, 1.54) is 12.1 Å². The predicted octanol–water partition coefficient (Wildman–Crippen LogP) is 5.20. The van der Waals surface area contributed by atoms with Crippen LogP contribution in [0.5, 0.6) is 0 Å². The van der Waals surface area contributed by atoms with Crippen molar-refractivity contribution in [2.24, 2.45) is 0 Å². The van der Waals surface area contributed by atoms with Gasteiger partial charge in [-0.1, -0.05) is 29.8 Å². The standard InChI is InChI=1S/C17H14ClFN2/c1-11(14-6-5-13(19)9-16(14)18)21-17-4-2-3-12-7-8-20-10-15(12)17/h2-11,21H,1H3. The first-order valence-corrected chi connectivity index (χ1v) is 7.07. The zero-order valence-corrected chi connectivity index (χ0v) is 12.2. The Morgan fingerprint density at radius 2 is 2.05 bits per heavy atom. The molecule has 0 fully saturated rings. The highest BCUT2D eigenvalue weighted by molar-refractivity contribution is 6.31. The summed E-state index contributed by atoms with van der Waals surface area (Å²) in [6, 6.07) is 12.4. The average Bonchev–Trinajstić information content (AvgIpc) is 2.47. The second-order valence-corrected chi connectivity index (χ2v) is 5.34. The van der Waals surface area contributed by atoms with Crippen LogP contribution in [0.2, 0.25) is 5.02 Å². The van der Waals surface area contributed by atoms with Gasteiger partial charge in [-0.2, -0.15) is 0 Å². The van der Waals surface area contributed by atoms with Crippen LogP contribution >= 0.6 is 11.6 Å². The van der Waals surface area contributed by atoms with Gasteiger partial charge in [0.25, 0.3) is 0 Å². The maximum atomic E-state index is 13.1. The normalized spacial score (nSPS) is 12.3. The third-order valence-corrected chi connectivity index (χ3v) is 3.81. The van der Waals surface area contributed by atoms with Gasteiger partial charge in [-0.05, 0) is 42.1 Å². The quantitative estimate of drug-likeness (QED) is 0.719. The largest absolute Gasteiger partial charge is 0.378 e. The van der Waals surface area contributed by atoms with E-state index in [0.29, 0.717) is 5.02 Å². The van der Waals surface area contributed by atoms with E-state index in [2.05, 4.69) is 10.3 Å². The Labute approximate surface area is 127 Å². The molecule has 0 saturated heterocycles. The molecule has 0 bridgehead atoms. The molecule has 21 heavy (non-hydrogen) atoms. The fraction of sp³-hybridized carbons (Fsp3) is 0.118. The summed E-state index contributed by atoms with van der Waals surface area (Å²) in [4.78, 5) is 4.17. The Bertz CT molecular complexity index is 783. The van der Waals surface area contributed by atoms with E-state index in [1.54, 1.807) is 12.3 Å². The first-order valence-electron chi connectivity index (χ1n) is 6.69. The Balaban J connectivity index is 1.94. The Morgan fingerprint density at radius 1 is 1.19 bits per heavy atom. The summed E-state index contributed by atoms with van der Waals surface area (Å²) in [6.07, 6.45) is 3.60. The molecule has 2 nitrogen and oxygen atoms in total. The van der Waals surface area contributed by atoms with Gasteiger partial charge in [0, 0.05) is 28.5 Å². The summed E-state index contributed by atoms with van der Waals surface area (Å²) in [7, 11) is 0. The number of anilines is 1. The topological polar surface area (TPSA) is 24.9 Å². The third kappa shape index (κ3) is 2.83. The van der Waals surface area contributed by atoms with Crippen LogP contribution in [0.1, 0.15) is 18.5 Å². The van der Waals surface area contributed by atoms with Crippen molar-refractivity contribution in [3.63, 3.8) is 0 Å². The highest BCUT2D eigenvalue weighted by Gasteiger charge is 2.11. The minimum atomic E-state index is -0.328. The lowest BCUT2D eigenvalue weighted by molar-refractivity contribution is 0.626. The summed E-state index contributed by atoms with van der Waals surface area (Å²) in [5.74, 6) is -0.328. The van der Waals surface area contributed by atoms with E-state index in [-0.39, 0.29) is 11.9 Å². The number of benzene rings is 2. The van der Waals surface area contributed by atoms with Crippen LogP contribution in [0.3, 0.4) is 0 Å². The molecule has 1 aromatic heterocycles. The SMILES string of the molecule is CC(Nc1cccc2ccncc12)c1ccc(F)cc1Cl. The lowest BCUT2D eigenvalue weighted by Crippen LogP contribution is -2.07. The summed E-state index contributed by atoms with van der Waals surface area (Å²) in [5, 5.41) is 6.00. The average molecular weight is 301 g/mol. The Hall–Kier alpha value is -2.13. The maximum Gasteiger partial charge on any atom is 0.124 e. The monoisotopic (exact) mass is 300 g/mol. The van der Waals surface area contributed by atoms with Gasteiger partial charge < -0.3 is 5.32 Å². The van der Waals surface area contributed by atoms with Gasteiger partial charge in [-0.15, -0.1) is 0 Å². The number of hydrogen-bond donors (Lipinski definition) is 1. The van der Waals surface area contributed by atoms with Gasteiger partial charge >= 0.3 is 0 Å². The number of nitrogens with one attached hydrogen (secondary N) is 1. The van der Waals surface area contributed by atoms with Crippen LogP contribution in [0.25, 0.3) is 10.8 Å². The van der Waals surface area contributed by atoms with Gasteiger partial charge in [-0.3, -0.25) is 4.98 Å². The van der Waals surface area contributed by atoms with Crippen LogP contribution in [-0.2, 0) is 0 Å². The van der Waals surface area contributed by atoms with E-state index in [4.69, 9.17) is 11.6 Å². The molecule has 0 spiro atoms. The minimum Gasteiger partial charge on any atom is -0.378 e. The van der Waals surface area contributed by atoms with Crippen molar-refractivity contribution >= 4 is 28.1 Å². The van der Waals surface area contributed by atoms with Crippen LogP contribution in [0.15, 0.2) is 54.9 Å². The van der Waals surface area contributed by atoms with Gasteiger partial charge in [-0.25, -0.2) is 4.39 Å². The molecular weight excluding hydrogens is 287 g/mol. The number of halogens is 2. The minimum absolute atomic E-state index is 0.0380. The first kappa shape index (κ1) is 13.8. The zero-order valence-electron chi connectivity index (χ0n) is 11.5. The summed E-state index contributed by atoms with van der Waals surface area (Å²) in [6.45, 7) is 1.99. The molecule has 2 aromatic carbocycles. The fourth-order valence-corrected chi connectivity index (χ4v) is 2.73. The molecule has 3 aromatic rings. The van der Waals surface area contributed by atoms with Crippen molar-refractivity contribution in [3.8, 4) is 0 Å². The molecule has 0 amide bonds. The second kappa shape index (κ2) is 5.70. The molecule has 3 rings (SSSR count). The molecule has 1 unspecified atom stereocenters. The smallest absolute Gasteiger partial charge is 0.124 e. The molecule has 0 saturated carbocycles. The molecule has 4 heteroatoms. The number of rotatable bonds is 3. The van der Waals surface area contributed by atoms with Gasteiger partial charge in [0.05, 0.1) is 6.04 Å². The molecule has 0 aliphatic rings. The van der Waals surface area contributed by atoms with Crippen molar-refractivity contribution in [1.29, 1.82) is 0 Å². The number of aromatic nitrogens is 1. The molecule has 1 atom stereocenters. The van der Waals surface area contributed by atoms with Gasteiger partial charge in [0.1, 0.15) is 5.82 Å². The van der Waals surface area contributed by atoms with Crippen molar-refractivity contribution in [2.45, 2.75) is 13.0 Å². The van der Waals surface area contributed by atoms with E-state index < -0.39 is 0 Å². The first-order chi connectivity index (χ1) is 10.1. The van der Waals surface area contributed by atoms with Crippen LogP contribution in [0.4, 0.5) is 10.1 Å². The van der Waals surface area contributed by atoms with Crippen molar-refractivity contribution in [2.75, 3.05) is 5.32 Å². The molecule has 0 aliphatic carbocycles. The van der Waals surface area contributed by atoms with E-state index in [0.717, 1.165) is 22.0 Å². The highest BCUT2D eigenvalue weighted by atomic mass is 35.5. The molecule has 0 aliphatic heterocycles. The lowest BCUT2D eigenvalue weighted by Gasteiger charge is -2.18. The van der Waals surface area contributed by atoms with E-state index in [1.807, 2.05) is 37.4 Å². The molecular formula is C17H14ClFN2. The van der Waals surface area contributed by atoms with Crippen LogP contribution < -0.4 is 5.32 Å². The molecule has 106 valence electrons. The zero-order chi connectivity index (χ0) is 14.8. The van der Waals surface area contributed by atoms with Gasteiger partial charge in [0.2, 0.25) is 0 Å². The van der Waals surface area contributed by atoms with Crippen LogP contribution in [0, 0.1) is 5.82 Å². The summed E-state index contributed by atoms with van der Waals surface area (Å²) >= 11 is 6.12. The lowest BCUT2D eigenvalue weighted by atomic mass is 10.1. The number of nitrogens with zero attached hydrogens (tertiary/aromatic N) is 1. The summed E-state index contributed by atoms with van der Waals surface area (Å²) < 4.78 is 13.1. The maximum absolute atomic E-state index is 13.1. The highest BCUT2D eigenvalue weighted by Crippen LogP contribution is 2.29. The Morgan fingerprint density at radius 3 is 2.86 bits per heavy atom. The van der Waals surface area contributed by atoms with E-state index in [9.17, 15) is 4.39 Å². The molecule has 1 N–H and O–H groups in total. The Kier molecular flexibility index (Phi) is 3.76. The van der Waals surface area contributed by atoms with Gasteiger partial charge in [0.15, 0.2) is 0 Å². The molecule has 1 heterocycles.